The van der Waals surface area contributed by atoms with Crippen LogP contribution in [0.15, 0.2) is 70.9 Å². The monoisotopic (exact) mass is 433 g/mol. The molecule has 1 N–H and O–H groups in total. The highest BCUT2D eigenvalue weighted by Gasteiger charge is 2.46. The zero-order valence-electron chi connectivity index (χ0n) is 18.0. The Morgan fingerprint density at radius 2 is 1.88 bits per heavy atom. The lowest BCUT2D eigenvalue weighted by Crippen LogP contribution is -2.29. The van der Waals surface area contributed by atoms with E-state index in [1.54, 1.807) is 68.8 Å². The standard InChI is InChI=1S/C25H23NO6/c1-15-12-17(9-10-20(15)31-3)23(27)21-22(16-6-4-7-18(13-16)30-2)26(25(29)24(21)28)14-19-8-5-11-32-19/h4-13,22,27H,14H2,1-3H3/b23-21-. The van der Waals surface area contributed by atoms with Crippen LogP contribution in [0.3, 0.4) is 0 Å². The van der Waals surface area contributed by atoms with Crippen LogP contribution < -0.4 is 9.47 Å². The molecule has 1 unspecified atom stereocenters. The van der Waals surface area contributed by atoms with Crippen molar-refractivity contribution in [3.63, 3.8) is 0 Å². The summed E-state index contributed by atoms with van der Waals surface area (Å²) in [6.07, 6.45) is 1.51. The Labute approximate surface area is 185 Å². The number of hydrogen-bond acceptors (Lipinski definition) is 6. The number of ether oxygens (including phenoxy) is 2. The normalized spacial score (nSPS) is 17.6. The fourth-order valence-electron chi connectivity index (χ4n) is 3.95. The molecule has 1 aliphatic heterocycles. The molecule has 3 aromatic rings. The van der Waals surface area contributed by atoms with Crippen molar-refractivity contribution in [2.75, 3.05) is 14.2 Å². The zero-order chi connectivity index (χ0) is 22.8. The van der Waals surface area contributed by atoms with Crippen LogP contribution in [0.25, 0.3) is 5.76 Å². The molecule has 1 fully saturated rings. The van der Waals surface area contributed by atoms with E-state index >= 15 is 0 Å². The van der Waals surface area contributed by atoms with Crippen molar-refractivity contribution < 1.29 is 28.6 Å². The first-order valence-corrected chi connectivity index (χ1v) is 10.0. The molecule has 7 heteroatoms. The number of ketones is 1. The molecule has 0 spiro atoms. The largest absolute Gasteiger partial charge is 0.507 e. The lowest BCUT2D eigenvalue weighted by Gasteiger charge is -2.25. The third-order valence-corrected chi connectivity index (χ3v) is 5.52. The minimum absolute atomic E-state index is 0.0133. The van der Waals surface area contributed by atoms with Gasteiger partial charge in [-0.15, -0.1) is 0 Å². The number of benzene rings is 2. The van der Waals surface area contributed by atoms with E-state index < -0.39 is 17.7 Å². The number of carbonyl (C=O) groups excluding carboxylic acids is 2. The molecule has 1 saturated heterocycles. The zero-order valence-corrected chi connectivity index (χ0v) is 18.0. The third kappa shape index (κ3) is 3.73. The summed E-state index contributed by atoms with van der Waals surface area (Å²) in [7, 11) is 3.10. The minimum atomic E-state index is -0.808. The summed E-state index contributed by atoms with van der Waals surface area (Å²) < 4.78 is 16.0. The molecule has 1 aromatic heterocycles. The minimum Gasteiger partial charge on any atom is -0.507 e. The van der Waals surface area contributed by atoms with Gasteiger partial charge in [0.25, 0.3) is 11.7 Å². The number of likely N-dealkylation sites (tertiary alicyclic amines) is 1. The molecule has 0 bridgehead atoms. The van der Waals surface area contributed by atoms with Crippen molar-refractivity contribution in [1.29, 1.82) is 0 Å². The molecular formula is C25H23NO6. The molecule has 0 aliphatic carbocycles. The van der Waals surface area contributed by atoms with E-state index in [9.17, 15) is 14.7 Å². The molecule has 164 valence electrons. The van der Waals surface area contributed by atoms with Crippen molar-refractivity contribution in [3.05, 3.63) is 88.9 Å². The van der Waals surface area contributed by atoms with E-state index in [1.165, 1.54) is 11.2 Å². The second-order valence-corrected chi connectivity index (χ2v) is 7.47. The third-order valence-electron chi connectivity index (χ3n) is 5.52. The number of rotatable bonds is 6. The number of aryl methyl sites for hydroxylation is 1. The highest BCUT2D eigenvalue weighted by molar-refractivity contribution is 6.46. The predicted molar refractivity (Wildman–Crippen MR) is 117 cm³/mol. The van der Waals surface area contributed by atoms with Crippen molar-refractivity contribution in [1.82, 2.24) is 4.90 Å². The Balaban J connectivity index is 1.88. The van der Waals surface area contributed by atoms with Gasteiger partial charge in [-0.2, -0.15) is 0 Å². The highest BCUT2D eigenvalue weighted by Crippen LogP contribution is 2.41. The lowest BCUT2D eigenvalue weighted by molar-refractivity contribution is -0.140. The van der Waals surface area contributed by atoms with Crippen molar-refractivity contribution in [2.24, 2.45) is 0 Å². The van der Waals surface area contributed by atoms with E-state index in [1.807, 2.05) is 6.92 Å². The summed E-state index contributed by atoms with van der Waals surface area (Å²) in [5.74, 6) is 0.0517. The molecule has 1 atom stereocenters. The second kappa shape index (κ2) is 8.63. The summed E-state index contributed by atoms with van der Waals surface area (Å²) in [6.45, 7) is 1.92. The Hall–Kier alpha value is -4.00. The molecule has 0 radical (unpaired) electrons. The number of nitrogens with zero attached hydrogens (tertiary/aromatic N) is 1. The Kier molecular flexibility index (Phi) is 5.73. The topological polar surface area (TPSA) is 89.2 Å². The predicted octanol–water partition coefficient (Wildman–Crippen LogP) is 4.23. The number of aliphatic hydroxyl groups is 1. The smallest absolute Gasteiger partial charge is 0.296 e. The van der Waals surface area contributed by atoms with Crippen molar-refractivity contribution >= 4 is 17.4 Å². The molecule has 0 saturated carbocycles. The molecule has 2 aromatic carbocycles. The number of carbonyl (C=O) groups is 2. The maximum atomic E-state index is 13.1. The summed E-state index contributed by atoms with van der Waals surface area (Å²) >= 11 is 0. The van der Waals surface area contributed by atoms with Crippen LogP contribution in [-0.2, 0) is 16.1 Å². The summed E-state index contributed by atoms with van der Waals surface area (Å²) in [6, 6.07) is 14.8. The Morgan fingerprint density at radius 1 is 1.06 bits per heavy atom. The van der Waals surface area contributed by atoms with Gasteiger partial charge in [0.05, 0.1) is 38.6 Å². The SMILES string of the molecule is COc1cccc(C2/C(=C(/O)c3ccc(OC)c(C)c3)C(=O)C(=O)N2Cc2ccco2)c1. The van der Waals surface area contributed by atoms with Crippen LogP contribution in [0, 0.1) is 6.92 Å². The fraction of sp³-hybridized carbons (Fsp3) is 0.200. The van der Waals surface area contributed by atoms with Crippen LogP contribution in [-0.4, -0.2) is 35.9 Å². The maximum Gasteiger partial charge on any atom is 0.296 e. The maximum absolute atomic E-state index is 13.1. The molecule has 32 heavy (non-hydrogen) atoms. The highest BCUT2D eigenvalue weighted by atomic mass is 16.5. The van der Waals surface area contributed by atoms with E-state index in [-0.39, 0.29) is 17.9 Å². The molecule has 1 aliphatic rings. The number of hydrogen-bond donors (Lipinski definition) is 1. The van der Waals surface area contributed by atoms with E-state index in [0.717, 1.165) is 5.56 Å². The summed E-state index contributed by atoms with van der Waals surface area (Å²) in [5.41, 5.74) is 1.87. The van der Waals surface area contributed by atoms with Crippen LogP contribution in [0.2, 0.25) is 0 Å². The number of furan rings is 1. The van der Waals surface area contributed by atoms with Gasteiger partial charge in [-0.05, 0) is 60.5 Å². The number of aliphatic hydroxyl groups excluding tert-OH is 1. The van der Waals surface area contributed by atoms with Crippen molar-refractivity contribution in [3.8, 4) is 11.5 Å². The first-order valence-electron chi connectivity index (χ1n) is 10.0. The van der Waals surface area contributed by atoms with Gasteiger partial charge in [0.2, 0.25) is 0 Å². The molecular weight excluding hydrogens is 410 g/mol. The van der Waals surface area contributed by atoms with Gasteiger partial charge in [0.15, 0.2) is 0 Å². The van der Waals surface area contributed by atoms with Gasteiger partial charge >= 0.3 is 0 Å². The first kappa shape index (κ1) is 21.2. The second-order valence-electron chi connectivity index (χ2n) is 7.47. The number of amides is 1. The van der Waals surface area contributed by atoms with Gasteiger partial charge in [-0.25, -0.2) is 0 Å². The van der Waals surface area contributed by atoms with E-state index in [2.05, 4.69) is 0 Å². The van der Waals surface area contributed by atoms with Crippen LogP contribution >= 0.6 is 0 Å². The van der Waals surface area contributed by atoms with Gasteiger partial charge in [-0.1, -0.05) is 12.1 Å². The van der Waals surface area contributed by atoms with Gasteiger partial charge in [0, 0.05) is 5.56 Å². The Morgan fingerprint density at radius 3 is 2.53 bits per heavy atom. The molecule has 4 rings (SSSR count). The lowest BCUT2D eigenvalue weighted by atomic mass is 9.94. The van der Waals surface area contributed by atoms with Gasteiger partial charge < -0.3 is 23.9 Å². The van der Waals surface area contributed by atoms with Crippen molar-refractivity contribution in [2.45, 2.75) is 19.5 Å². The average Bonchev–Trinajstić information content (AvgIpc) is 3.41. The fourth-order valence-corrected chi connectivity index (χ4v) is 3.95. The van der Waals surface area contributed by atoms with Gasteiger partial charge in [-0.3, -0.25) is 9.59 Å². The molecule has 1 amide bonds. The van der Waals surface area contributed by atoms with Crippen LogP contribution in [0.4, 0.5) is 0 Å². The number of methoxy groups -OCH3 is 2. The molecule has 2 heterocycles. The van der Waals surface area contributed by atoms with E-state index in [4.69, 9.17) is 13.9 Å². The van der Waals surface area contributed by atoms with Crippen LogP contribution in [0.1, 0.15) is 28.5 Å². The quantitative estimate of drug-likeness (QED) is 0.356. The summed E-state index contributed by atoms with van der Waals surface area (Å²) in [4.78, 5) is 27.5. The first-order chi connectivity index (χ1) is 15.4. The van der Waals surface area contributed by atoms with Crippen LogP contribution in [0.5, 0.6) is 11.5 Å². The molecule has 7 nitrogen and oxygen atoms in total. The van der Waals surface area contributed by atoms with E-state index in [0.29, 0.717) is 28.4 Å². The summed E-state index contributed by atoms with van der Waals surface area (Å²) in [5, 5.41) is 11.2. The van der Waals surface area contributed by atoms with Gasteiger partial charge in [0.1, 0.15) is 23.0 Å². The average molecular weight is 433 g/mol. The number of Topliss-reactive ketones (excluding diaryl/α,β-unsaturated/α-hetero) is 1. The Bertz CT molecular complexity index is 1190.